The van der Waals surface area contributed by atoms with E-state index in [1.807, 2.05) is 6.92 Å². The van der Waals surface area contributed by atoms with Crippen molar-refractivity contribution in [3.8, 4) is 0 Å². The molecule has 4 nitrogen and oxygen atoms in total. The lowest BCUT2D eigenvalue weighted by atomic mass is 9.78. The molecule has 1 unspecified atom stereocenters. The van der Waals surface area contributed by atoms with Crippen LogP contribution in [0.15, 0.2) is 0 Å². The molecule has 0 aliphatic carbocycles. The van der Waals surface area contributed by atoms with Gasteiger partial charge < -0.3 is 15.7 Å². The third-order valence-electron chi connectivity index (χ3n) is 4.02. The molecule has 1 aliphatic heterocycles. The molecule has 1 rings (SSSR count). The first-order valence-electron chi connectivity index (χ1n) is 6.92. The lowest BCUT2D eigenvalue weighted by molar-refractivity contribution is -0.133. The maximum absolute atomic E-state index is 12.4. The van der Waals surface area contributed by atoms with Crippen molar-refractivity contribution in [2.24, 2.45) is 10.8 Å². The van der Waals surface area contributed by atoms with Gasteiger partial charge in [-0.1, -0.05) is 27.7 Å². The van der Waals surface area contributed by atoms with Crippen LogP contribution >= 0.6 is 0 Å². The summed E-state index contributed by atoms with van der Waals surface area (Å²) in [4.78, 5) is 12.4. The summed E-state index contributed by atoms with van der Waals surface area (Å²) < 4.78 is 0. The summed E-state index contributed by atoms with van der Waals surface area (Å²) in [6, 6.07) is 0.0294. The van der Waals surface area contributed by atoms with Crippen LogP contribution in [-0.2, 0) is 4.79 Å². The monoisotopic (exact) mass is 256 g/mol. The minimum absolute atomic E-state index is 0.0261. The SMILES string of the molecule is CC1(C(=O)NC(CCO)C(C)(C)C)CCNCC1. The van der Waals surface area contributed by atoms with E-state index in [-0.39, 0.29) is 29.4 Å². The number of nitrogens with one attached hydrogen (secondary N) is 2. The molecule has 3 N–H and O–H groups in total. The highest BCUT2D eigenvalue weighted by molar-refractivity contribution is 5.82. The van der Waals surface area contributed by atoms with E-state index in [1.165, 1.54) is 0 Å². The zero-order valence-electron chi connectivity index (χ0n) is 12.2. The Bertz CT molecular complexity index is 278. The van der Waals surface area contributed by atoms with Gasteiger partial charge in [0.05, 0.1) is 0 Å². The standard InChI is InChI=1S/C14H28N2O2/c1-13(2,3)11(5-10-17)16-12(18)14(4)6-8-15-9-7-14/h11,15,17H,5-10H2,1-4H3,(H,16,18). The molecule has 18 heavy (non-hydrogen) atoms. The van der Waals surface area contributed by atoms with Crippen molar-refractivity contribution in [2.75, 3.05) is 19.7 Å². The zero-order valence-corrected chi connectivity index (χ0v) is 12.2. The topological polar surface area (TPSA) is 61.4 Å². The van der Waals surface area contributed by atoms with Crippen molar-refractivity contribution < 1.29 is 9.90 Å². The minimum Gasteiger partial charge on any atom is -0.396 e. The average Bonchev–Trinajstić information content (AvgIpc) is 2.28. The fourth-order valence-electron chi connectivity index (χ4n) is 2.39. The highest BCUT2D eigenvalue weighted by atomic mass is 16.3. The van der Waals surface area contributed by atoms with Gasteiger partial charge in [0, 0.05) is 18.1 Å². The van der Waals surface area contributed by atoms with Gasteiger partial charge in [0.15, 0.2) is 0 Å². The summed E-state index contributed by atoms with van der Waals surface area (Å²) in [5, 5.41) is 15.6. The molecule has 106 valence electrons. The third kappa shape index (κ3) is 3.95. The predicted molar refractivity (Wildman–Crippen MR) is 73.3 cm³/mol. The highest BCUT2D eigenvalue weighted by Crippen LogP contribution is 2.30. The van der Waals surface area contributed by atoms with Crippen molar-refractivity contribution >= 4 is 5.91 Å². The largest absolute Gasteiger partial charge is 0.396 e. The molecule has 1 amide bonds. The van der Waals surface area contributed by atoms with Gasteiger partial charge in [-0.3, -0.25) is 4.79 Å². The van der Waals surface area contributed by atoms with Crippen molar-refractivity contribution in [1.82, 2.24) is 10.6 Å². The molecule has 0 aromatic rings. The second-order valence-electron chi connectivity index (χ2n) is 6.72. The third-order valence-corrected chi connectivity index (χ3v) is 4.02. The van der Waals surface area contributed by atoms with Gasteiger partial charge in [-0.2, -0.15) is 0 Å². The number of aliphatic hydroxyl groups excluding tert-OH is 1. The van der Waals surface area contributed by atoms with E-state index in [1.54, 1.807) is 0 Å². The molecule has 1 atom stereocenters. The number of carbonyl (C=O) groups excluding carboxylic acids is 1. The number of rotatable bonds is 4. The second-order valence-corrected chi connectivity index (χ2v) is 6.72. The number of amides is 1. The van der Waals surface area contributed by atoms with Crippen LogP contribution in [0, 0.1) is 10.8 Å². The number of hydrogen-bond donors (Lipinski definition) is 3. The molecule has 1 fully saturated rings. The van der Waals surface area contributed by atoms with Gasteiger partial charge in [0.25, 0.3) is 0 Å². The summed E-state index contributed by atoms with van der Waals surface area (Å²) in [6.07, 6.45) is 2.38. The minimum atomic E-state index is -0.260. The van der Waals surface area contributed by atoms with Gasteiger partial charge in [0.1, 0.15) is 0 Å². The molecule has 1 heterocycles. The quantitative estimate of drug-likeness (QED) is 0.710. The highest BCUT2D eigenvalue weighted by Gasteiger charge is 2.37. The van der Waals surface area contributed by atoms with E-state index in [0.717, 1.165) is 25.9 Å². The lowest BCUT2D eigenvalue weighted by Gasteiger charge is -2.37. The Kier molecular flexibility index (Phi) is 5.17. The Morgan fingerprint density at radius 1 is 1.39 bits per heavy atom. The van der Waals surface area contributed by atoms with Crippen molar-refractivity contribution in [3.63, 3.8) is 0 Å². The molecule has 4 heteroatoms. The number of hydrogen-bond acceptors (Lipinski definition) is 3. The van der Waals surface area contributed by atoms with Gasteiger partial charge in [-0.25, -0.2) is 0 Å². The molecule has 0 saturated carbocycles. The molecule has 0 aromatic carbocycles. The van der Waals surface area contributed by atoms with E-state index in [9.17, 15) is 4.79 Å². The fraction of sp³-hybridized carbons (Fsp3) is 0.929. The predicted octanol–water partition coefficient (Wildman–Crippen LogP) is 1.29. The van der Waals surface area contributed by atoms with Gasteiger partial charge in [0.2, 0.25) is 5.91 Å². The van der Waals surface area contributed by atoms with Crippen LogP contribution in [0.2, 0.25) is 0 Å². The molecular formula is C14H28N2O2. The molecule has 1 saturated heterocycles. The van der Waals surface area contributed by atoms with Crippen LogP contribution in [0.1, 0.15) is 47.0 Å². The summed E-state index contributed by atoms with van der Waals surface area (Å²) in [5.41, 5.74) is -0.286. The Morgan fingerprint density at radius 2 is 1.94 bits per heavy atom. The maximum atomic E-state index is 12.4. The van der Waals surface area contributed by atoms with Crippen LogP contribution < -0.4 is 10.6 Å². The smallest absolute Gasteiger partial charge is 0.226 e. The summed E-state index contributed by atoms with van der Waals surface area (Å²) in [6.45, 7) is 10.3. The Labute approximate surface area is 111 Å². The van der Waals surface area contributed by atoms with Crippen LogP contribution in [0.25, 0.3) is 0 Å². The molecule has 0 bridgehead atoms. The lowest BCUT2D eigenvalue weighted by Crippen LogP contribution is -2.52. The van der Waals surface area contributed by atoms with Crippen molar-refractivity contribution in [2.45, 2.75) is 53.0 Å². The number of piperidine rings is 1. The molecule has 0 radical (unpaired) electrons. The summed E-state index contributed by atoms with van der Waals surface area (Å²) in [7, 11) is 0. The summed E-state index contributed by atoms with van der Waals surface area (Å²) >= 11 is 0. The number of carbonyl (C=O) groups is 1. The Balaban J connectivity index is 2.65. The van der Waals surface area contributed by atoms with Crippen molar-refractivity contribution in [3.05, 3.63) is 0 Å². The van der Waals surface area contributed by atoms with Crippen LogP contribution in [0.5, 0.6) is 0 Å². The molecule has 0 aromatic heterocycles. The summed E-state index contributed by atoms with van der Waals surface area (Å²) in [5.74, 6) is 0.136. The van der Waals surface area contributed by atoms with E-state index < -0.39 is 0 Å². The normalized spacial score (nSPS) is 21.4. The zero-order chi connectivity index (χ0) is 13.8. The maximum Gasteiger partial charge on any atom is 0.226 e. The van der Waals surface area contributed by atoms with Gasteiger partial charge in [-0.05, 0) is 37.8 Å². The van der Waals surface area contributed by atoms with Crippen molar-refractivity contribution in [1.29, 1.82) is 0 Å². The van der Waals surface area contributed by atoms with Crippen LogP contribution in [-0.4, -0.2) is 36.8 Å². The van der Waals surface area contributed by atoms with Gasteiger partial charge >= 0.3 is 0 Å². The Hall–Kier alpha value is -0.610. The second kappa shape index (κ2) is 6.02. The Morgan fingerprint density at radius 3 is 2.39 bits per heavy atom. The first-order chi connectivity index (χ1) is 8.29. The first kappa shape index (κ1) is 15.4. The van der Waals surface area contributed by atoms with E-state index in [4.69, 9.17) is 5.11 Å². The number of aliphatic hydroxyl groups is 1. The van der Waals surface area contributed by atoms with E-state index >= 15 is 0 Å². The first-order valence-corrected chi connectivity index (χ1v) is 6.92. The average molecular weight is 256 g/mol. The molecule has 0 spiro atoms. The van der Waals surface area contributed by atoms with Crippen LogP contribution in [0.3, 0.4) is 0 Å². The fourth-order valence-corrected chi connectivity index (χ4v) is 2.39. The van der Waals surface area contributed by atoms with E-state index in [0.29, 0.717) is 6.42 Å². The molecule has 1 aliphatic rings. The van der Waals surface area contributed by atoms with Gasteiger partial charge in [-0.15, -0.1) is 0 Å². The van der Waals surface area contributed by atoms with Crippen LogP contribution in [0.4, 0.5) is 0 Å². The van der Waals surface area contributed by atoms with E-state index in [2.05, 4.69) is 31.4 Å². The molecular weight excluding hydrogens is 228 g/mol.